The average molecular weight is 282 g/mol. The Hall–Kier alpha value is -0.730. The molecule has 2 nitrogen and oxygen atoms in total. The first kappa shape index (κ1) is 14.7. The molecule has 1 aromatic carbocycles. The van der Waals surface area contributed by atoms with E-state index in [1.807, 2.05) is 18.2 Å². The third-order valence-electron chi connectivity index (χ3n) is 4.06. The molecule has 1 aliphatic carbocycles. The van der Waals surface area contributed by atoms with E-state index in [2.05, 4.69) is 12.2 Å². The molecule has 1 aromatic rings. The summed E-state index contributed by atoms with van der Waals surface area (Å²) < 4.78 is 5.45. The molecule has 19 heavy (non-hydrogen) atoms. The number of hydrogen-bond acceptors (Lipinski definition) is 2. The molecule has 1 aliphatic rings. The van der Waals surface area contributed by atoms with Crippen molar-refractivity contribution in [3.8, 4) is 5.75 Å². The number of benzene rings is 1. The molecule has 1 unspecified atom stereocenters. The van der Waals surface area contributed by atoms with Crippen LogP contribution in [-0.2, 0) is 6.42 Å². The standard InChI is InChI=1S/C16H24ClNO/c1-3-9-18-15(12-5-4-6-12)11-13-10-14(17)7-8-16(13)19-2/h7-8,10,12,15,18H,3-6,9,11H2,1-2H3. The highest BCUT2D eigenvalue weighted by atomic mass is 35.5. The van der Waals surface area contributed by atoms with Gasteiger partial charge in [-0.15, -0.1) is 0 Å². The smallest absolute Gasteiger partial charge is 0.122 e. The van der Waals surface area contributed by atoms with Crippen LogP contribution in [0.15, 0.2) is 18.2 Å². The minimum absolute atomic E-state index is 0.557. The van der Waals surface area contributed by atoms with Crippen LogP contribution in [0.2, 0.25) is 5.02 Å². The second-order valence-corrected chi connectivity index (χ2v) is 5.85. The quantitative estimate of drug-likeness (QED) is 0.814. The van der Waals surface area contributed by atoms with Gasteiger partial charge in [-0.2, -0.15) is 0 Å². The number of halogens is 1. The summed E-state index contributed by atoms with van der Waals surface area (Å²) in [6.07, 6.45) is 6.26. The Morgan fingerprint density at radius 1 is 1.42 bits per heavy atom. The van der Waals surface area contributed by atoms with Crippen LogP contribution in [-0.4, -0.2) is 19.7 Å². The topological polar surface area (TPSA) is 21.3 Å². The lowest BCUT2D eigenvalue weighted by atomic mass is 9.77. The molecule has 0 aromatic heterocycles. The van der Waals surface area contributed by atoms with Crippen molar-refractivity contribution in [1.82, 2.24) is 5.32 Å². The molecule has 1 saturated carbocycles. The molecular formula is C16H24ClNO. The Morgan fingerprint density at radius 2 is 2.21 bits per heavy atom. The zero-order valence-corrected chi connectivity index (χ0v) is 12.7. The summed E-state index contributed by atoms with van der Waals surface area (Å²) in [5.74, 6) is 1.77. The van der Waals surface area contributed by atoms with Crippen molar-refractivity contribution in [2.24, 2.45) is 5.92 Å². The van der Waals surface area contributed by atoms with Crippen LogP contribution in [0, 0.1) is 5.92 Å². The molecule has 2 rings (SSSR count). The van der Waals surface area contributed by atoms with E-state index >= 15 is 0 Å². The predicted molar refractivity (Wildman–Crippen MR) is 81.1 cm³/mol. The Morgan fingerprint density at radius 3 is 2.79 bits per heavy atom. The fourth-order valence-electron chi connectivity index (χ4n) is 2.72. The fourth-order valence-corrected chi connectivity index (χ4v) is 2.92. The maximum absolute atomic E-state index is 6.11. The van der Waals surface area contributed by atoms with Crippen LogP contribution < -0.4 is 10.1 Å². The Kier molecular flexibility index (Phi) is 5.53. The average Bonchev–Trinajstić information content (AvgIpc) is 2.34. The summed E-state index contributed by atoms with van der Waals surface area (Å²) in [7, 11) is 1.73. The lowest BCUT2D eigenvalue weighted by Gasteiger charge is -2.35. The maximum Gasteiger partial charge on any atom is 0.122 e. The van der Waals surface area contributed by atoms with Crippen LogP contribution >= 0.6 is 11.6 Å². The normalized spacial score (nSPS) is 17.0. The second kappa shape index (κ2) is 7.16. The van der Waals surface area contributed by atoms with E-state index < -0.39 is 0 Å². The highest BCUT2D eigenvalue weighted by Gasteiger charge is 2.27. The van der Waals surface area contributed by atoms with Crippen molar-refractivity contribution in [3.63, 3.8) is 0 Å². The summed E-state index contributed by atoms with van der Waals surface area (Å²) in [5.41, 5.74) is 1.22. The molecule has 3 heteroatoms. The highest BCUT2D eigenvalue weighted by Crippen LogP contribution is 2.33. The lowest BCUT2D eigenvalue weighted by Crippen LogP contribution is -2.41. The zero-order valence-electron chi connectivity index (χ0n) is 11.9. The van der Waals surface area contributed by atoms with E-state index in [1.165, 1.54) is 31.2 Å². The number of ether oxygens (including phenoxy) is 1. The number of rotatable bonds is 7. The third kappa shape index (κ3) is 3.87. The summed E-state index contributed by atoms with van der Waals surface area (Å²) in [6.45, 7) is 3.30. The SMILES string of the molecule is CCCNC(Cc1cc(Cl)ccc1OC)C1CCC1. The van der Waals surface area contributed by atoms with Gasteiger partial charge in [-0.1, -0.05) is 24.9 Å². The van der Waals surface area contributed by atoms with Gasteiger partial charge in [-0.05, 0) is 61.9 Å². The molecule has 0 amide bonds. The van der Waals surface area contributed by atoms with Gasteiger partial charge in [0, 0.05) is 11.1 Å². The van der Waals surface area contributed by atoms with E-state index in [4.69, 9.17) is 16.3 Å². The van der Waals surface area contributed by atoms with Crippen LogP contribution in [0.3, 0.4) is 0 Å². The minimum Gasteiger partial charge on any atom is -0.496 e. The first-order valence-electron chi connectivity index (χ1n) is 7.30. The fraction of sp³-hybridized carbons (Fsp3) is 0.625. The molecular weight excluding hydrogens is 258 g/mol. The first-order chi connectivity index (χ1) is 9.24. The third-order valence-corrected chi connectivity index (χ3v) is 4.29. The number of nitrogens with one attached hydrogen (secondary N) is 1. The molecule has 0 bridgehead atoms. The molecule has 0 saturated heterocycles. The van der Waals surface area contributed by atoms with Crippen LogP contribution in [0.4, 0.5) is 0 Å². The zero-order chi connectivity index (χ0) is 13.7. The maximum atomic E-state index is 6.11. The van der Waals surface area contributed by atoms with E-state index in [1.54, 1.807) is 7.11 Å². The van der Waals surface area contributed by atoms with Gasteiger partial charge in [0.25, 0.3) is 0 Å². The number of hydrogen-bond donors (Lipinski definition) is 1. The Bertz CT molecular complexity index is 404. The van der Waals surface area contributed by atoms with Crippen LogP contribution in [0.5, 0.6) is 5.75 Å². The minimum atomic E-state index is 0.557. The summed E-state index contributed by atoms with van der Waals surface area (Å²) in [6, 6.07) is 6.46. The van der Waals surface area contributed by atoms with Crippen LogP contribution in [0.1, 0.15) is 38.2 Å². The molecule has 1 N–H and O–H groups in total. The van der Waals surface area contributed by atoms with Gasteiger partial charge in [0.1, 0.15) is 5.75 Å². The van der Waals surface area contributed by atoms with Crippen molar-refractivity contribution in [2.45, 2.75) is 45.1 Å². The van der Waals surface area contributed by atoms with Crippen molar-refractivity contribution < 1.29 is 4.74 Å². The molecule has 106 valence electrons. The summed E-state index contributed by atoms with van der Waals surface area (Å²) in [4.78, 5) is 0. The molecule has 0 aliphatic heterocycles. The second-order valence-electron chi connectivity index (χ2n) is 5.41. The Balaban J connectivity index is 2.08. The van der Waals surface area contributed by atoms with Gasteiger partial charge in [0.2, 0.25) is 0 Å². The van der Waals surface area contributed by atoms with Crippen molar-refractivity contribution in [3.05, 3.63) is 28.8 Å². The first-order valence-corrected chi connectivity index (χ1v) is 7.68. The summed E-state index contributed by atoms with van der Waals surface area (Å²) >= 11 is 6.11. The number of methoxy groups -OCH3 is 1. The van der Waals surface area contributed by atoms with Crippen LogP contribution in [0.25, 0.3) is 0 Å². The predicted octanol–water partition coefficient (Wildman–Crippen LogP) is 4.06. The van der Waals surface area contributed by atoms with Gasteiger partial charge in [-0.25, -0.2) is 0 Å². The molecule has 1 fully saturated rings. The van der Waals surface area contributed by atoms with Crippen molar-refractivity contribution in [2.75, 3.05) is 13.7 Å². The van der Waals surface area contributed by atoms with Gasteiger partial charge in [-0.3, -0.25) is 0 Å². The van der Waals surface area contributed by atoms with Gasteiger partial charge in [0.15, 0.2) is 0 Å². The van der Waals surface area contributed by atoms with Gasteiger partial charge in [0.05, 0.1) is 7.11 Å². The van der Waals surface area contributed by atoms with E-state index in [0.29, 0.717) is 6.04 Å². The van der Waals surface area contributed by atoms with Gasteiger partial charge >= 0.3 is 0 Å². The van der Waals surface area contributed by atoms with E-state index in [9.17, 15) is 0 Å². The lowest BCUT2D eigenvalue weighted by molar-refractivity contribution is 0.226. The molecule has 0 heterocycles. The van der Waals surface area contributed by atoms with E-state index in [0.717, 1.165) is 29.7 Å². The van der Waals surface area contributed by atoms with Gasteiger partial charge < -0.3 is 10.1 Å². The Labute approximate surface area is 121 Å². The van der Waals surface area contributed by atoms with Crippen molar-refractivity contribution >= 4 is 11.6 Å². The largest absolute Gasteiger partial charge is 0.496 e. The van der Waals surface area contributed by atoms with E-state index in [-0.39, 0.29) is 0 Å². The molecule has 1 atom stereocenters. The highest BCUT2D eigenvalue weighted by molar-refractivity contribution is 6.30. The monoisotopic (exact) mass is 281 g/mol. The summed E-state index contributed by atoms with van der Waals surface area (Å²) in [5, 5.41) is 4.48. The molecule has 0 spiro atoms. The molecule has 0 radical (unpaired) electrons. The van der Waals surface area contributed by atoms with Crippen molar-refractivity contribution in [1.29, 1.82) is 0 Å².